The van der Waals surface area contributed by atoms with Gasteiger partial charge in [-0.25, -0.2) is 17.2 Å². The predicted octanol–water partition coefficient (Wildman–Crippen LogP) is 2.03. The Morgan fingerprint density at radius 3 is 2.28 bits per heavy atom. The monoisotopic (exact) mass is 297 g/mol. The van der Waals surface area contributed by atoms with Gasteiger partial charge in [0.15, 0.2) is 0 Å². The Morgan fingerprint density at radius 2 is 1.83 bits per heavy atom. The summed E-state index contributed by atoms with van der Waals surface area (Å²) in [6, 6.07) is 0.605. The lowest BCUT2D eigenvalue weighted by molar-refractivity contribution is 0.0938. The molecular weight excluding hydrogens is 288 g/mol. The van der Waals surface area contributed by atoms with E-state index >= 15 is 0 Å². The van der Waals surface area contributed by atoms with Gasteiger partial charge in [0.2, 0.25) is 0 Å². The number of carbonyl (C=O) groups is 1. The summed E-state index contributed by atoms with van der Waals surface area (Å²) < 4.78 is 48.7. The zero-order valence-corrected chi connectivity index (χ0v) is 11.1. The molecule has 0 spiro atoms. The summed E-state index contributed by atoms with van der Waals surface area (Å²) in [5, 5.41) is 2.36. The number of halogens is 3. The van der Waals surface area contributed by atoms with E-state index in [0.29, 0.717) is 12.1 Å². The molecule has 0 aromatic heterocycles. The maximum Gasteiger partial charge on any atom is 0.264 e. The first-order valence-corrected chi connectivity index (χ1v) is 7.18. The van der Waals surface area contributed by atoms with E-state index < -0.39 is 37.1 Å². The topological polar surface area (TPSA) is 63.2 Å². The van der Waals surface area contributed by atoms with Gasteiger partial charge in [-0.05, 0) is 19.9 Å². The zero-order valence-electron chi connectivity index (χ0n) is 9.50. The van der Waals surface area contributed by atoms with Crippen LogP contribution in [0.3, 0.4) is 0 Å². The maximum atomic E-state index is 13.4. The van der Waals surface area contributed by atoms with Crippen molar-refractivity contribution in [1.29, 1.82) is 0 Å². The molecule has 1 amide bonds. The summed E-state index contributed by atoms with van der Waals surface area (Å²) in [6.45, 7) is 3.27. The normalized spacial score (nSPS) is 11.7. The van der Waals surface area contributed by atoms with Crippen LogP contribution in [0.2, 0.25) is 0 Å². The van der Waals surface area contributed by atoms with Gasteiger partial charge in [0.1, 0.15) is 16.5 Å². The third-order valence-electron chi connectivity index (χ3n) is 1.95. The molecule has 1 N–H and O–H groups in total. The average molecular weight is 298 g/mol. The summed E-state index contributed by atoms with van der Waals surface area (Å²) in [5.74, 6) is -3.35. The molecule has 0 saturated heterocycles. The van der Waals surface area contributed by atoms with Crippen molar-refractivity contribution in [3.05, 3.63) is 29.3 Å². The van der Waals surface area contributed by atoms with Crippen molar-refractivity contribution in [2.75, 3.05) is 0 Å². The fourth-order valence-electron chi connectivity index (χ4n) is 1.23. The molecule has 1 rings (SSSR count). The van der Waals surface area contributed by atoms with Gasteiger partial charge in [-0.3, -0.25) is 4.79 Å². The third-order valence-corrected chi connectivity index (χ3v) is 3.29. The van der Waals surface area contributed by atoms with E-state index in [1.54, 1.807) is 13.8 Å². The smallest absolute Gasteiger partial charge is 0.264 e. The Hall–Kier alpha value is -1.21. The Labute approximate surface area is 107 Å². The quantitative estimate of drug-likeness (QED) is 0.868. The summed E-state index contributed by atoms with van der Waals surface area (Å²) in [6.07, 6.45) is 0. The summed E-state index contributed by atoms with van der Waals surface area (Å²) in [7, 11) is 0.592. The number of hydrogen-bond acceptors (Lipinski definition) is 3. The van der Waals surface area contributed by atoms with Gasteiger partial charge in [0, 0.05) is 22.8 Å². The second-order valence-corrected chi connectivity index (χ2v) is 6.36. The lowest BCUT2D eigenvalue weighted by Gasteiger charge is -2.10. The van der Waals surface area contributed by atoms with Gasteiger partial charge in [-0.1, -0.05) is 0 Å². The molecule has 8 heteroatoms. The summed E-state index contributed by atoms with van der Waals surface area (Å²) >= 11 is 0. The number of hydrogen-bond donors (Lipinski definition) is 1. The number of nitrogens with one attached hydrogen (secondary N) is 1. The Kier molecular flexibility index (Phi) is 4.28. The molecule has 0 aliphatic heterocycles. The minimum Gasteiger partial charge on any atom is -0.350 e. The molecule has 18 heavy (non-hydrogen) atoms. The van der Waals surface area contributed by atoms with Crippen molar-refractivity contribution >= 4 is 25.6 Å². The largest absolute Gasteiger partial charge is 0.350 e. The van der Waals surface area contributed by atoms with Gasteiger partial charge < -0.3 is 5.32 Å². The van der Waals surface area contributed by atoms with Crippen LogP contribution < -0.4 is 5.32 Å². The molecular formula is C10H10ClF2NO3S. The lowest BCUT2D eigenvalue weighted by Crippen LogP contribution is -2.31. The van der Waals surface area contributed by atoms with Gasteiger partial charge >= 0.3 is 0 Å². The first kappa shape index (κ1) is 14.8. The Balaban J connectivity index is 3.34. The van der Waals surface area contributed by atoms with Crippen LogP contribution in [0.4, 0.5) is 8.78 Å². The molecule has 0 saturated carbocycles. The number of carbonyl (C=O) groups excluding carboxylic acids is 1. The van der Waals surface area contributed by atoms with Gasteiger partial charge in [0.05, 0.1) is 5.56 Å². The van der Waals surface area contributed by atoms with E-state index in [2.05, 4.69) is 5.32 Å². The van der Waals surface area contributed by atoms with E-state index in [1.807, 2.05) is 0 Å². The van der Waals surface area contributed by atoms with Crippen LogP contribution in [0.5, 0.6) is 0 Å². The van der Waals surface area contributed by atoms with Gasteiger partial charge in [-0.2, -0.15) is 0 Å². The van der Waals surface area contributed by atoms with Crippen molar-refractivity contribution < 1.29 is 22.0 Å². The molecule has 0 atom stereocenters. The van der Waals surface area contributed by atoms with E-state index in [1.165, 1.54) is 0 Å². The molecule has 100 valence electrons. The van der Waals surface area contributed by atoms with Crippen molar-refractivity contribution in [1.82, 2.24) is 5.32 Å². The number of amides is 1. The first-order chi connectivity index (χ1) is 8.12. The van der Waals surface area contributed by atoms with Crippen LogP contribution in [0.1, 0.15) is 24.2 Å². The molecule has 0 aliphatic rings. The van der Waals surface area contributed by atoms with Crippen molar-refractivity contribution in [3.63, 3.8) is 0 Å². The van der Waals surface area contributed by atoms with Crippen LogP contribution in [0.25, 0.3) is 0 Å². The molecule has 0 heterocycles. The van der Waals surface area contributed by atoms with Crippen LogP contribution in [-0.4, -0.2) is 20.4 Å². The highest BCUT2D eigenvalue weighted by Crippen LogP contribution is 2.22. The molecule has 0 bridgehead atoms. The molecule has 1 aromatic carbocycles. The van der Waals surface area contributed by atoms with E-state index in [-0.39, 0.29) is 6.04 Å². The minimum atomic E-state index is -4.38. The summed E-state index contributed by atoms with van der Waals surface area (Å²) in [4.78, 5) is 10.6. The SMILES string of the molecule is CC(C)NC(=O)c1cc(S(=O)(=O)Cl)c(F)cc1F. The van der Waals surface area contributed by atoms with E-state index in [4.69, 9.17) is 10.7 Å². The molecule has 4 nitrogen and oxygen atoms in total. The maximum absolute atomic E-state index is 13.4. The van der Waals surface area contributed by atoms with Crippen molar-refractivity contribution in [3.8, 4) is 0 Å². The van der Waals surface area contributed by atoms with Crippen molar-refractivity contribution in [2.45, 2.75) is 24.8 Å². The first-order valence-electron chi connectivity index (χ1n) is 4.87. The van der Waals surface area contributed by atoms with Crippen LogP contribution in [0, 0.1) is 11.6 Å². The predicted molar refractivity (Wildman–Crippen MR) is 62.0 cm³/mol. The fourth-order valence-corrected chi connectivity index (χ4v) is 2.14. The fraction of sp³-hybridized carbons (Fsp3) is 0.300. The van der Waals surface area contributed by atoms with Gasteiger partial charge in [0.25, 0.3) is 15.0 Å². The minimum absolute atomic E-state index is 0.280. The zero-order chi connectivity index (χ0) is 14.1. The molecule has 0 unspecified atom stereocenters. The molecule has 0 radical (unpaired) electrons. The standard InChI is InChI=1S/C10H10ClF2NO3S/c1-5(2)14-10(15)6-3-9(18(11,16)17)8(13)4-7(6)12/h3-5H,1-2H3,(H,14,15). The molecule has 1 aromatic rings. The second kappa shape index (κ2) is 5.19. The van der Waals surface area contributed by atoms with E-state index in [9.17, 15) is 22.0 Å². The van der Waals surface area contributed by atoms with Crippen LogP contribution in [0.15, 0.2) is 17.0 Å². The second-order valence-electron chi connectivity index (χ2n) is 3.83. The lowest BCUT2D eigenvalue weighted by atomic mass is 10.2. The number of rotatable bonds is 3. The molecule has 0 fully saturated rings. The number of benzene rings is 1. The highest BCUT2D eigenvalue weighted by molar-refractivity contribution is 8.13. The third kappa shape index (κ3) is 3.39. The summed E-state index contributed by atoms with van der Waals surface area (Å²) in [5.41, 5.74) is -0.579. The van der Waals surface area contributed by atoms with E-state index in [0.717, 1.165) is 0 Å². The average Bonchev–Trinajstić information content (AvgIpc) is 2.13. The van der Waals surface area contributed by atoms with Crippen LogP contribution in [-0.2, 0) is 9.05 Å². The van der Waals surface area contributed by atoms with Crippen LogP contribution >= 0.6 is 10.7 Å². The molecule has 0 aliphatic carbocycles. The Morgan fingerprint density at radius 1 is 1.28 bits per heavy atom. The van der Waals surface area contributed by atoms with Crippen molar-refractivity contribution in [2.24, 2.45) is 0 Å². The van der Waals surface area contributed by atoms with Gasteiger partial charge in [-0.15, -0.1) is 0 Å². The Bertz CT molecular complexity index is 587. The highest BCUT2D eigenvalue weighted by atomic mass is 35.7. The highest BCUT2D eigenvalue weighted by Gasteiger charge is 2.22.